The maximum absolute atomic E-state index is 13.0. The zero-order chi connectivity index (χ0) is 18.8. The van der Waals surface area contributed by atoms with Crippen LogP contribution in [0.2, 0.25) is 5.02 Å². The van der Waals surface area contributed by atoms with Gasteiger partial charge in [-0.2, -0.15) is 0 Å². The zero-order valence-electron chi connectivity index (χ0n) is 15.4. The Morgan fingerprint density at radius 3 is 2.04 bits per heavy atom. The Balaban J connectivity index is 0.00000338. The number of amides is 2. The monoisotopic (exact) mass is 450 g/mol. The number of rotatable bonds is 2. The second kappa shape index (κ2) is 10.3. The maximum atomic E-state index is 13.0. The highest BCUT2D eigenvalue weighted by Crippen LogP contribution is 2.12. The summed E-state index contributed by atoms with van der Waals surface area (Å²) in [6.45, 7) is 7.42. The molecule has 1 N–H and O–H groups in total. The van der Waals surface area contributed by atoms with Gasteiger partial charge in [-0.05, 0) is 64.1 Å². The average molecular weight is 452 g/mol. The van der Waals surface area contributed by atoms with Crippen LogP contribution >= 0.6 is 35.8 Å². The number of nitrogens with zero attached hydrogens (tertiary/aromatic N) is 1. The van der Waals surface area contributed by atoms with Crippen LogP contribution in [0.25, 0.3) is 0 Å². The van der Waals surface area contributed by atoms with Gasteiger partial charge in [-0.15, -0.1) is 17.4 Å². The van der Waals surface area contributed by atoms with E-state index >= 15 is 0 Å². The molecule has 0 bridgehead atoms. The molecule has 4 nitrogen and oxygen atoms in total. The predicted octanol–water partition coefficient (Wildman–Crippen LogP) is 1.11. The third kappa shape index (κ3) is 6.37. The highest BCUT2D eigenvalue weighted by Gasteiger charge is 2.41. The molecule has 2 rings (SSSR count). The lowest BCUT2D eigenvalue weighted by molar-refractivity contribution is -0.951. The molecule has 0 radical (unpaired) electrons. The van der Waals surface area contributed by atoms with E-state index < -0.39 is 11.4 Å². The van der Waals surface area contributed by atoms with Gasteiger partial charge in [0.15, 0.2) is 0 Å². The fourth-order valence-electron chi connectivity index (χ4n) is 2.46. The Bertz CT molecular complexity index is 789. The third-order valence-electron chi connectivity index (χ3n) is 3.67. The van der Waals surface area contributed by atoms with E-state index in [0.717, 1.165) is 10.1 Å². The molecule has 1 unspecified atom stereocenters. The van der Waals surface area contributed by atoms with Gasteiger partial charge in [-0.25, -0.2) is 4.79 Å². The molecule has 8 heteroatoms. The van der Waals surface area contributed by atoms with Gasteiger partial charge in [0, 0.05) is 10.6 Å². The number of quaternary nitrogens is 1. The molecule has 0 aliphatic carbocycles. The Hall–Kier alpha value is -1.30. The van der Waals surface area contributed by atoms with Crippen molar-refractivity contribution in [3.63, 3.8) is 0 Å². The zero-order valence-corrected chi connectivity index (χ0v) is 18.5. The first-order chi connectivity index (χ1) is 11.6. The first kappa shape index (κ1) is 25.7. The van der Waals surface area contributed by atoms with Gasteiger partial charge in [0.05, 0.1) is 17.3 Å². The molecule has 0 fully saturated rings. The Labute approximate surface area is 182 Å². The SMILES string of the molecule is Cc1cccc(C(=O)N(Cl)[NH+](C(=O)c2ccc(Cl)cc2)C(C)(C)C)c1.Cl.[Cl-]. The minimum Gasteiger partial charge on any atom is -1.00 e. The number of hydrogen-bond acceptors (Lipinski definition) is 2. The molecule has 0 saturated carbocycles. The molecule has 2 aromatic carbocycles. The van der Waals surface area contributed by atoms with E-state index in [9.17, 15) is 9.59 Å². The number of hydrogen-bond donors (Lipinski definition) is 1. The molecule has 0 heterocycles. The highest BCUT2D eigenvalue weighted by molar-refractivity contribution is 6.30. The van der Waals surface area contributed by atoms with Crippen LogP contribution in [-0.4, -0.2) is 21.9 Å². The number of aryl methyl sites for hydroxylation is 1. The number of carbonyl (C=O) groups is 2. The lowest BCUT2D eigenvalue weighted by atomic mass is 10.1. The summed E-state index contributed by atoms with van der Waals surface area (Å²) >= 11 is 12.2. The molecular weight excluding hydrogens is 430 g/mol. The maximum Gasteiger partial charge on any atom is 0.370 e. The lowest BCUT2D eigenvalue weighted by Crippen LogP contribution is -3.25. The second-order valence-electron chi connectivity index (χ2n) is 6.89. The van der Waals surface area contributed by atoms with Gasteiger partial charge in [-0.1, -0.05) is 33.8 Å². The van der Waals surface area contributed by atoms with Crippen molar-refractivity contribution >= 4 is 47.6 Å². The van der Waals surface area contributed by atoms with Crippen molar-refractivity contribution in [2.75, 3.05) is 0 Å². The first-order valence-corrected chi connectivity index (χ1v) is 8.57. The van der Waals surface area contributed by atoms with Crippen LogP contribution in [0.3, 0.4) is 0 Å². The highest BCUT2D eigenvalue weighted by atomic mass is 35.5. The van der Waals surface area contributed by atoms with Crippen LogP contribution < -0.4 is 17.4 Å². The number of carbonyl (C=O) groups excluding carboxylic acids is 2. The van der Waals surface area contributed by atoms with E-state index in [2.05, 4.69) is 0 Å². The summed E-state index contributed by atoms with van der Waals surface area (Å²) < 4.78 is 0.936. The topological polar surface area (TPSA) is 41.8 Å². The van der Waals surface area contributed by atoms with Crippen LogP contribution in [0.15, 0.2) is 48.5 Å². The molecular formula is C19H22Cl4N2O2. The van der Waals surface area contributed by atoms with Gasteiger partial charge in [0.1, 0.15) is 5.54 Å². The molecule has 0 aromatic heterocycles. The summed E-state index contributed by atoms with van der Waals surface area (Å²) in [4.78, 5) is 25.8. The van der Waals surface area contributed by atoms with E-state index in [1.165, 1.54) is 0 Å². The van der Waals surface area contributed by atoms with Crippen molar-refractivity contribution in [3.8, 4) is 0 Å². The Morgan fingerprint density at radius 1 is 1.00 bits per heavy atom. The van der Waals surface area contributed by atoms with Gasteiger partial charge in [0.2, 0.25) is 0 Å². The molecule has 1 atom stereocenters. The van der Waals surface area contributed by atoms with Crippen molar-refractivity contribution in [3.05, 3.63) is 70.2 Å². The average Bonchev–Trinajstić information content (AvgIpc) is 2.53. The van der Waals surface area contributed by atoms with Crippen molar-refractivity contribution in [2.45, 2.75) is 33.2 Å². The molecule has 27 heavy (non-hydrogen) atoms. The Kier molecular flexibility index (Phi) is 9.80. The van der Waals surface area contributed by atoms with Crippen LogP contribution in [0.1, 0.15) is 47.1 Å². The number of nitrogens with one attached hydrogen (secondary N) is 1. The standard InChI is InChI=1S/C19H20Cl2N2O2.2ClH/c1-13-6-5-7-15(12-13)18(25)23(21)22(19(2,3)4)17(24)14-8-10-16(20)11-9-14;;/h5-12H,1-4H3;2*1H. The molecule has 0 aliphatic rings. The van der Waals surface area contributed by atoms with Crippen LogP contribution in [-0.2, 0) is 0 Å². The van der Waals surface area contributed by atoms with Gasteiger partial charge in [0.25, 0.3) is 0 Å². The molecule has 2 amide bonds. The Morgan fingerprint density at radius 2 is 1.56 bits per heavy atom. The van der Waals surface area contributed by atoms with Crippen LogP contribution in [0, 0.1) is 6.92 Å². The fraction of sp³-hybridized carbons (Fsp3) is 0.263. The van der Waals surface area contributed by atoms with Crippen LogP contribution in [0.4, 0.5) is 0 Å². The minimum atomic E-state index is -0.627. The summed E-state index contributed by atoms with van der Waals surface area (Å²) in [5, 5.41) is 0.746. The fourth-order valence-corrected chi connectivity index (χ4v) is 3.01. The summed E-state index contributed by atoms with van der Waals surface area (Å²) in [6.07, 6.45) is 0. The van der Waals surface area contributed by atoms with Gasteiger partial charge >= 0.3 is 11.8 Å². The minimum absolute atomic E-state index is 0. The van der Waals surface area contributed by atoms with E-state index in [4.69, 9.17) is 23.4 Å². The lowest BCUT2D eigenvalue weighted by Gasteiger charge is -2.33. The molecule has 2 aromatic rings. The predicted molar refractivity (Wildman–Crippen MR) is 107 cm³/mol. The van der Waals surface area contributed by atoms with Gasteiger partial charge < -0.3 is 12.4 Å². The smallest absolute Gasteiger partial charge is 0.370 e. The molecule has 0 spiro atoms. The molecule has 148 valence electrons. The van der Waals surface area contributed by atoms with Crippen molar-refractivity contribution < 1.29 is 27.0 Å². The second-order valence-corrected chi connectivity index (χ2v) is 7.66. The summed E-state index contributed by atoms with van der Waals surface area (Å²) in [5.41, 5.74) is 1.17. The summed E-state index contributed by atoms with van der Waals surface area (Å²) in [7, 11) is 0. The quantitative estimate of drug-likeness (QED) is 0.549. The molecule has 0 saturated heterocycles. The normalized spacial score (nSPS) is 11.6. The third-order valence-corrected chi connectivity index (χ3v) is 4.25. The largest absolute Gasteiger partial charge is 1.00 e. The van der Waals surface area contributed by atoms with E-state index in [0.29, 0.717) is 16.1 Å². The van der Waals surface area contributed by atoms with Crippen LogP contribution in [0.5, 0.6) is 0 Å². The summed E-state index contributed by atoms with van der Waals surface area (Å²) in [5.74, 6) is -0.738. The first-order valence-electron chi connectivity index (χ1n) is 7.86. The van der Waals surface area contributed by atoms with Gasteiger partial charge in [-0.3, -0.25) is 4.79 Å². The number of benzene rings is 2. The van der Waals surface area contributed by atoms with E-state index in [1.807, 2.05) is 33.8 Å². The van der Waals surface area contributed by atoms with E-state index in [1.54, 1.807) is 42.5 Å². The van der Waals surface area contributed by atoms with Crippen molar-refractivity contribution in [1.82, 2.24) is 4.53 Å². The van der Waals surface area contributed by atoms with Crippen molar-refractivity contribution in [1.29, 1.82) is 0 Å². The number of halogens is 4. The summed E-state index contributed by atoms with van der Waals surface area (Å²) in [6, 6.07) is 13.6. The van der Waals surface area contributed by atoms with E-state index in [-0.39, 0.29) is 35.7 Å². The van der Waals surface area contributed by atoms with Crippen molar-refractivity contribution in [2.24, 2.45) is 0 Å². The molecule has 0 aliphatic heterocycles.